The molecule has 0 amide bonds. The molecule has 0 aliphatic heterocycles. The first-order valence-corrected chi connectivity index (χ1v) is 21.9. The van der Waals surface area contributed by atoms with Gasteiger partial charge in [-0.3, -0.25) is 0 Å². The second-order valence-corrected chi connectivity index (χ2v) is 17.9. The maximum Gasteiger partial charge on any atom is 0.0238 e. The van der Waals surface area contributed by atoms with Crippen molar-refractivity contribution in [2.24, 2.45) is 0 Å². The molecule has 8 aromatic rings. The van der Waals surface area contributed by atoms with Crippen molar-refractivity contribution in [2.45, 2.75) is 67.6 Å². The molecule has 0 spiro atoms. The molecule has 0 unspecified atom stereocenters. The van der Waals surface area contributed by atoms with Gasteiger partial charge in [-0.05, 0) is 121 Å². The van der Waals surface area contributed by atoms with Crippen molar-refractivity contribution in [3.8, 4) is 44.5 Å². The highest BCUT2D eigenvalue weighted by molar-refractivity contribution is 5.87. The summed E-state index contributed by atoms with van der Waals surface area (Å²) in [4.78, 5) is 0. The van der Waals surface area contributed by atoms with E-state index in [1.165, 1.54) is 89.0 Å². The van der Waals surface area contributed by atoms with E-state index < -0.39 is 0 Å². The molecule has 0 N–H and O–H groups in total. The van der Waals surface area contributed by atoms with Gasteiger partial charge in [0.25, 0.3) is 0 Å². The van der Waals surface area contributed by atoms with Gasteiger partial charge in [0, 0.05) is 21.7 Å². The molecule has 8 aromatic carbocycles. The van der Waals surface area contributed by atoms with Gasteiger partial charge in [0.1, 0.15) is 0 Å². The lowest BCUT2D eigenvalue weighted by molar-refractivity contribution is 0.247. The van der Waals surface area contributed by atoms with Gasteiger partial charge in [0.2, 0.25) is 0 Å². The second-order valence-electron chi connectivity index (χ2n) is 17.9. The van der Waals surface area contributed by atoms with Gasteiger partial charge in [0.05, 0.1) is 0 Å². The standard InChI is InChI=1S/C59H48/c1-3-56(48-29-13-5-21-40(48)41-22-6-14-30-49(41)56)37-58(52-33-17-9-25-44(52)45-26-10-18-34-53(45)58)39-59(54-35-19-11-27-46(54)47-28-12-20-36-55(47)59)38-57(4-2)50-31-15-7-23-42(50)43-24-8-16-32-51(43)57/h5-36H,3-4,37-39H2,1-2H3. The van der Waals surface area contributed by atoms with E-state index in [1.54, 1.807) is 0 Å². The average Bonchev–Trinajstić information content (AvgIpc) is 3.95. The van der Waals surface area contributed by atoms with Crippen molar-refractivity contribution in [3.63, 3.8) is 0 Å². The maximum atomic E-state index is 2.50. The van der Waals surface area contributed by atoms with Crippen LogP contribution in [0.4, 0.5) is 0 Å². The van der Waals surface area contributed by atoms with E-state index in [0.29, 0.717) is 0 Å². The van der Waals surface area contributed by atoms with Crippen molar-refractivity contribution in [1.29, 1.82) is 0 Å². The van der Waals surface area contributed by atoms with Crippen molar-refractivity contribution in [3.05, 3.63) is 239 Å². The topological polar surface area (TPSA) is 0 Å². The Kier molecular flexibility index (Phi) is 7.44. The summed E-state index contributed by atoms with van der Waals surface area (Å²) >= 11 is 0. The number of hydrogen-bond donors (Lipinski definition) is 0. The third-order valence-corrected chi connectivity index (χ3v) is 15.7. The molecule has 0 heteroatoms. The van der Waals surface area contributed by atoms with Gasteiger partial charge in [-0.2, -0.15) is 0 Å². The Morgan fingerprint density at radius 2 is 0.373 bits per heavy atom. The first-order chi connectivity index (χ1) is 29.1. The highest BCUT2D eigenvalue weighted by atomic mass is 14.6. The van der Waals surface area contributed by atoms with Crippen molar-refractivity contribution < 1.29 is 0 Å². The monoisotopic (exact) mass is 756 g/mol. The first kappa shape index (κ1) is 34.8. The zero-order valence-corrected chi connectivity index (χ0v) is 34.0. The molecule has 0 aromatic heterocycles. The van der Waals surface area contributed by atoms with E-state index in [0.717, 1.165) is 32.1 Å². The largest absolute Gasteiger partial charge is 0.0642 e. The lowest BCUT2D eigenvalue weighted by Gasteiger charge is -2.50. The summed E-state index contributed by atoms with van der Waals surface area (Å²) in [5.74, 6) is 0. The predicted molar refractivity (Wildman–Crippen MR) is 245 cm³/mol. The van der Waals surface area contributed by atoms with Crippen LogP contribution in [-0.4, -0.2) is 0 Å². The van der Waals surface area contributed by atoms with Crippen molar-refractivity contribution >= 4 is 0 Å². The molecule has 0 saturated carbocycles. The summed E-state index contributed by atoms with van der Waals surface area (Å²) in [6.45, 7) is 4.90. The van der Waals surface area contributed by atoms with Crippen LogP contribution in [0.3, 0.4) is 0 Å². The Balaban J connectivity index is 1.19. The number of benzene rings is 8. The Morgan fingerprint density at radius 3 is 0.559 bits per heavy atom. The SMILES string of the molecule is CCC1(CC2(CC3(CC4(CC)c5ccccc5-c5ccccc54)c4ccccc4-c4ccccc43)c3ccccc3-c3ccccc32)c2ccccc2-c2ccccc21. The Hall–Kier alpha value is -6.24. The van der Waals surface area contributed by atoms with Crippen LogP contribution in [0.1, 0.15) is 90.5 Å². The third kappa shape index (κ3) is 4.45. The normalized spacial score (nSPS) is 16.8. The molecule has 0 atom stereocenters. The number of hydrogen-bond acceptors (Lipinski definition) is 0. The van der Waals surface area contributed by atoms with Gasteiger partial charge in [0.15, 0.2) is 0 Å². The first-order valence-electron chi connectivity index (χ1n) is 21.9. The fourth-order valence-corrected chi connectivity index (χ4v) is 13.5. The molecule has 0 bridgehead atoms. The molecule has 12 rings (SSSR count). The average molecular weight is 757 g/mol. The summed E-state index contributed by atoms with van der Waals surface area (Å²) in [5, 5.41) is 0. The highest BCUT2D eigenvalue weighted by Gasteiger charge is 2.59. The summed E-state index contributed by atoms with van der Waals surface area (Å²) in [6.07, 6.45) is 4.97. The molecule has 59 heavy (non-hydrogen) atoms. The molecule has 0 saturated heterocycles. The molecule has 0 heterocycles. The Bertz CT molecular complexity index is 2590. The van der Waals surface area contributed by atoms with Crippen LogP contribution in [-0.2, 0) is 21.7 Å². The summed E-state index contributed by atoms with van der Waals surface area (Å²) in [6, 6.07) is 75.3. The minimum atomic E-state index is -0.328. The fraction of sp³-hybridized carbons (Fsp3) is 0.186. The molecule has 0 radical (unpaired) electrons. The summed E-state index contributed by atoms with van der Waals surface area (Å²) in [5.41, 5.74) is 22.0. The predicted octanol–water partition coefficient (Wildman–Crippen LogP) is 14.8. The maximum absolute atomic E-state index is 2.50. The molecule has 284 valence electrons. The van der Waals surface area contributed by atoms with Crippen LogP contribution in [0, 0.1) is 0 Å². The van der Waals surface area contributed by atoms with Crippen LogP contribution in [0.15, 0.2) is 194 Å². The second kappa shape index (κ2) is 12.6. The third-order valence-electron chi connectivity index (χ3n) is 15.7. The van der Waals surface area contributed by atoms with E-state index in [9.17, 15) is 0 Å². The molecular weight excluding hydrogens is 709 g/mol. The smallest absolute Gasteiger partial charge is 0.0238 e. The number of rotatable bonds is 8. The summed E-state index contributed by atoms with van der Waals surface area (Å²) in [7, 11) is 0. The molecule has 0 fully saturated rings. The highest BCUT2D eigenvalue weighted by Crippen LogP contribution is 2.68. The lowest BCUT2D eigenvalue weighted by atomic mass is 9.52. The molecule has 4 aliphatic rings. The van der Waals surface area contributed by atoms with E-state index in [1.807, 2.05) is 0 Å². The molecular formula is C59H48. The van der Waals surface area contributed by atoms with Crippen LogP contribution >= 0.6 is 0 Å². The Labute approximate surface area is 349 Å². The van der Waals surface area contributed by atoms with E-state index in [4.69, 9.17) is 0 Å². The quantitative estimate of drug-likeness (QED) is 0.145. The minimum Gasteiger partial charge on any atom is -0.0642 e. The van der Waals surface area contributed by atoms with E-state index in [-0.39, 0.29) is 21.7 Å². The number of fused-ring (bicyclic) bond motifs is 12. The van der Waals surface area contributed by atoms with E-state index >= 15 is 0 Å². The van der Waals surface area contributed by atoms with Gasteiger partial charge in [-0.25, -0.2) is 0 Å². The van der Waals surface area contributed by atoms with Gasteiger partial charge in [-0.1, -0.05) is 208 Å². The minimum absolute atomic E-state index is 0.189. The Morgan fingerprint density at radius 1 is 0.220 bits per heavy atom. The lowest BCUT2D eigenvalue weighted by Crippen LogP contribution is -2.45. The van der Waals surface area contributed by atoms with Crippen LogP contribution < -0.4 is 0 Å². The fourth-order valence-electron chi connectivity index (χ4n) is 13.5. The van der Waals surface area contributed by atoms with Gasteiger partial charge >= 0.3 is 0 Å². The van der Waals surface area contributed by atoms with E-state index in [2.05, 4.69) is 208 Å². The summed E-state index contributed by atoms with van der Waals surface area (Å²) < 4.78 is 0. The zero-order valence-electron chi connectivity index (χ0n) is 34.0. The van der Waals surface area contributed by atoms with Gasteiger partial charge < -0.3 is 0 Å². The van der Waals surface area contributed by atoms with Crippen LogP contribution in [0.2, 0.25) is 0 Å². The van der Waals surface area contributed by atoms with Gasteiger partial charge in [-0.15, -0.1) is 0 Å². The zero-order chi connectivity index (χ0) is 39.4. The molecule has 0 nitrogen and oxygen atoms in total. The van der Waals surface area contributed by atoms with Crippen molar-refractivity contribution in [2.75, 3.05) is 0 Å². The van der Waals surface area contributed by atoms with Crippen LogP contribution in [0.25, 0.3) is 44.5 Å². The van der Waals surface area contributed by atoms with Crippen molar-refractivity contribution in [1.82, 2.24) is 0 Å². The van der Waals surface area contributed by atoms with Crippen LogP contribution in [0.5, 0.6) is 0 Å². The molecule has 4 aliphatic carbocycles.